The van der Waals surface area contributed by atoms with Crippen molar-refractivity contribution in [3.8, 4) is 0 Å². The number of halogens is 1. The number of ether oxygens (including phenoxy) is 1. The van der Waals surface area contributed by atoms with Crippen molar-refractivity contribution in [2.24, 2.45) is 0 Å². The summed E-state index contributed by atoms with van der Waals surface area (Å²) in [5.74, 6) is -1.73. The molecule has 2 amide bonds. The first kappa shape index (κ1) is 14.6. The number of nitrogens with one attached hydrogen (secondary N) is 2. The van der Waals surface area contributed by atoms with Gasteiger partial charge in [-0.25, -0.2) is 15.1 Å². The predicted octanol–water partition coefficient (Wildman–Crippen LogP) is 0.507. The quantitative estimate of drug-likeness (QED) is 0.623. The summed E-state index contributed by atoms with van der Waals surface area (Å²) in [6.45, 7) is 1.82. The van der Waals surface area contributed by atoms with Crippen molar-refractivity contribution in [3.63, 3.8) is 0 Å². The highest BCUT2D eigenvalue weighted by Gasteiger charge is 2.50. The van der Waals surface area contributed by atoms with Crippen molar-refractivity contribution in [2.45, 2.75) is 13.0 Å². The minimum atomic E-state index is -0.911. The van der Waals surface area contributed by atoms with E-state index in [4.69, 9.17) is 16.3 Å². The van der Waals surface area contributed by atoms with Gasteiger partial charge in [-0.1, -0.05) is 17.7 Å². The molecule has 1 aromatic carbocycles. The van der Waals surface area contributed by atoms with Gasteiger partial charge >= 0.3 is 5.97 Å². The van der Waals surface area contributed by atoms with Crippen LogP contribution in [-0.4, -0.2) is 30.4 Å². The van der Waals surface area contributed by atoms with Gasteiger partial charge in [0.25, 0.3) is 11.8 Å². The maximum Gasteiger partial charge on any atom is 0.356 e. The molecular formula is C14H12ClN3O4. The van der Waals surface area contributed by atoms with Crippen molar-refractivity contribution in [3.05, 3.63) is 40.6 Å². The summed E-state index contributed by atoms with van der Waals surface area (Å²) in [5, 5.41) is 0.404. The van der Waals surface area contributed by atoms with Crippen molar-refractivity contribution in [1.82, 2.24) is 10.9 Å². The van der Waals surface area contributed by atoms with E-state index in [9.17, 15) is 14.4 Å². The highest BCUT2D eigenvalue weighted by molar-refractivity contribution is 6.34. The fourth-order valence-electron chi connectivity index (χ4n) is 2.42. The third-order valence-corrected chi connectivity index (χ3v) is 3.58. The van der Waals surface area contributed by atoms with Gasteiger partial charge in [-0.3, -0.25) is 9.59 Å². The van der Waals surface area contributed by atoms with Crippen LogP contribution in [0.5, 0.6) is 0 Å². The van der Waals surface area contributed by atoms with Gasteiger partial charge in [0.15, 0.2) is 0 Å². The number of hydrogen-bond donors (Lipinski definition) is 2. The SMILES string of the molecule is CCOC(=O)C1=C2C(=O)N(c3cccc(Cl)c3)C(=O)C2NN1. The van der Waals surface area contributed by atoms with Crippen LogP contribution in [0.15, 0.2) is 35.5 Å². The van der Waals surface area contributed by atoms with Crippen molar-refractivity contribution in [1.29, 1.82) is 0 Å². The molecule has 0 aromatic heterocycles. The van der Waals surface area contributed by atoms with Crippen molar-refractivity contribution in [2.75, 3.05) is 11.5 Å². The number of rotatable bonds is 3. The molecule has 0 radical (unpaired) electrons. The predicted molar refractivity (Wildman–Crippen MR) is 77.7 cm³/mol. The summed E-state index contributed by atoms with van der Waals surface area (Å²) in [6.07, 6.45) is 0. The van der Waals surface area contributed by atoms with E-state index < -0.39 is 23.8 Å². The molecule has 1 fully saturated rings. The summed E-state index contributed by atoms with van der Waals surface area (Å²) in [5.41, 5.74) is 5.56. The number of imide groups is 1. The molecule has 1 aromatic rings. The van der Waals surface area contributed by atoms with Crippen LogP contribution in [0.4, 0.5) is 5.69 Å². The molecule has 1 saturated heterocycles. The highest BCUT2D eigenvalue weighted by Crippen LogP contribution is 2.31. The number of amides is 2. The average Bonchev–Trinajstić information content (AvgIpc) is 3.01. The maximum absolute atomic E-state index is 12.5. The van der Waals surface area contributed by atoms with Crippen LogP contribution in [0.3, 0.4) is 0 Å². The van der Waals surface area contributed by atoms with Crippen molar-refractivity contribution < 1.29 is 19.1 Å². The highest BCUT2D eigenvalue weighted by atomic mass is 35.5. The zero-order valence-corrected chi connectivity index (χ0v) is 12.3. The smallest absolute Gasteiger partial charge is 0.356 e. The molecule has 0 bridgehead atoms. The zero-order valence-electron chi connectivity index (χ0n) is 11.6. The molecule has 2 N–H and O–H groups in total. The molecule has 1 unspecified atom stereocenters. The number of hydrazine groups is 1. The van der Waals surface area contributed by atoms with Gasteiger partial charge in [-0.2, -0.15) is 0 Å². The largest absolute Gasteiger partial charge is 0.461 e. The third kappa shape index (κ3) is 2.15. The topological polar surface area (TPSA) is 87.7 Å². The Kier molecular flexibility index (Phi) is 3.59. The third-order valence-electron chi connectivity index (χ3n) is 3.35. The second kappa shape index (κ2) is 5.43. The molecule has 2 aliphatic rings. The lowest BCUT2D eigenvalue weighted by Gasteiger charge is -2.16. The molecule has 2 aliphatic heterocycles. The molecule has 0 aliphatic carbocycles. The fourth-order valence-corrected chi connectivity index (χ4v) is 2.60. The number of carbonyl (C=O) groups excluding carboxylic acids is 3. The lowest BCUT2D eigenvalue weighted by Crippen LogP contribution is -2.42. The van der Waals surface area contributed by atoms with Crippen LogP contribution in [-0.2, 0) is 19.1 Å². The lowest BCUT2D eigenvalue weighted by molar-refractivity contribution is -0.139. The molecular weight excluding hydrogens is 310 g/mol. The first-order valence-corrected chi connectivity index (χ1v) is 6.99. The average molecular weight is 322 g/mol. The molecule has 8 heteroatoms. The van der Waals surface area contributed by atoms with Gasteiger partial charge in [-0.15, -0.1) is 0 Å². The Bertz CT molecular complexity index is 716. The van der Waals surface area contributed by atoms with Crippen LogP contribution < -0.4 is 15.8 Å². The first-order valence-electron chi connectivity index (χ1n) is 6.61. The van der Waals surface area contributed by atoms with E-state index in [0.717, 1.165) is 4.90 Å². The summed E-state index contributed by atoms with van der Waals surface area (Å²) >= 11 is 5.90. The number of hydrogen-bond acceptors (Lipinski definition) is 6. The van der Waals surface area contributed by atoms with E-state index in [1.54, 1.807) is 25.1 Å². The number of benzene rings is 1. The second-order valence-electron chi connectivity index (χ2n) is 4.67. The molecule has 1 atom stereocenters. The number of anilines is 1. The minimum Gasteiger partial charge on any atom is -0.461 e. The molecule has 22 heavy (non-hydrogen) atoms. The maximum atomic E-state index is 12.5. The van der Waals surface area contributed by atoms with E-state index in [1.807, 2.05) is 0 Å². The Hall–Kier alpha value is -2.38. The monoisotopic (exact) mass is 321 g/mol. The van der Waals surface area contributed by atoms with E-state index in [2.05, 4.69) is 10.9 Å². The van der Waals surface area contributed by atoms with Crippen LogP contribution >= 0.6 is 11.6 Å². The number of carbonyl (C=O) groups is 3. The normalized spacial score (nSPS) is 20.3. The lowest BCUT2D eigenvalue weighted by atomic mass is 10.1. The summed E-state index contributed by atoms with van der Waals surface area (Å²) < 4.78 is 4.88. The summed E-state index contributed by atoms with van der Waals surface area (Å²) in [7, 11) is 0. The fraction of sp³-hybridized carbons (Fsp3) is 0.214. The van der Waals surface area contributed by atoms with Gasteiger partial charge in [-0.05, 0) is 25.1 Å². The van der Waals surface area contributed by atoms with Crippen molar-refractivity contribution >= 4 is 35.1 Å². The molecule has 0 saturated carbocycles. The van der Waals surface area contributed by atoms with Gasteiger partial charge in [0.2, 0.25) is 0 Å². The molecule has 7 nitrogen and oxygen atoms in total. The Labute approximate surface area is 130 Å². The van der Waals surface area contributed by atoms with Gasteiger partial charge < -0.3 is 10.2 Å². The standard InChI is InChI=1S/C14H12ClN3O4/c1-2-22-14(21)11-9-10(16-17-11)13(20)18(12(9)19)8-5-3-4-7(15)6-8/h3-6,10,16-17H,2H2,1H3. The van der Waals surface area contributed by atoms with Crippen LogP contribution in [0.2, 0.25) is 5.02 Å². The van der Waals surface area contributed by atoms with Crippen LogP contribution in [0, 0.1) is 0 Å². The zero-order chi connectivity index (χ0) is 15.9. The van der Waals surface area contributed by atoms with E-state index in [0.29, 0.717) is 10.7 Å². The minimum absolute atomic E-state index is 0.0327. The molecule has 114 valence electrons. The van der Waals surface area contributed by atoms with E-state index in [-0.39, 0.29) is 17.9 Å². The Morgan fingerprint density at radius 2 is 2.18 bits per heavy atom. The van der Waals surface area contributed by atoms with Gasteiger partial charge in [0, 0.05) is 5.02 Å². The summed E-state index contributed by atoms with van der Waals surface area (Å²) in [6, 6.07) is 5.47. The summed E-state index contributed by atoms with van der Waals surface area (Å²) in [4.78, 5) is 37.8. The molecule has 3 rings (SSSR count). The number of nitrogens with zero attached hydrogens (tertiary/aromatic N) is 1. The Balaban J connectivity index is 2.01. The number of fused-ring (bicyclic) bond motifs is 1. The first-order chi connectivity index (χ1) is 10.5. The Morgan fingerprint density at radius 1 is 1.41 bits per heavy atom. The number of esters is 1. The van der Waals surface area contributed by atoms with Gasteiger partial charge in [0.1, 0.15) is 11.7 Å². The molecule has 0 spiro atoms. The molecule has 2 heterocycles. The second-order valence-corrected chi connectivity index (χ2v) is 5.11. The van der Waals surface area contributed by atoms with E-state index in [1.165, 1.54) is 6.07 Å². The van der Waals surface area contributed by atoms with E-state index >= 15 is 0 Å². The van der Waals surface area contributed by atoms with Gasteiger partial charge in [0.05, 0.1) is 17.9 Å². The Morgan fingerprint density at radius 3 is 2.86 bits per heavy atom. The van der Waals surface area contributed by atoms with Crippen LogP contribution in [0.1, 0.15) is 6.92 Å². The van der Waals surface area contributed by atoms with Crippen LogP contribution in [0.25, 0.3) is 0 Å².